The van der Waals surface area contributed by atoms with Crippen molar-refractivity contribution in [3.63, 3.8) is 0 Å². The lowest BCUT2D eigenvalue weighted by Crippen LogP contribution is -2.43. The Kier molecular flexibility index (Phi) is 5.43. The van der Waals surface area contributed by atoms with Gasteiger partial charge in [0.1, 0.15) is 0 Å². The van der Waals surface area contributed by atoms with E-state index in [4.69, 9.17) is 0 Å². The van der Waals surface area contributed by atoms with Crippen molar-refractivity contribution in [1.29, 1.82) is 0 Å². The monoisotopic (exact) mass is 382 g/mol. The number of H-pyrrole nitrogens is 1. The zero-order valence-corrected chi connectivity index (χ0v) is 15.9. The smallest absolute Gasteiger partial charge is 0.332 e. The first-order valence-electron chi connectivity index (χ1n) is 10.0. The van der Waals surface area contributed by atoms with E-state index in [0.29, 0.717) is 24.2 Å². The number of hydrogen-bond acceptors (Lipinski definition) is 4. The maximum atomic E-state index is 13.0. The zero-order chi connectivity index (χ0) is 19.5. The molecule has 1 aromatic carbocycles. The number of fused-ring (bicyclic) bond motifs is 1. The largest absolute Gasteiger partial charge is 0.479 e. The Labute approximate surface area is 164 Å². The molecule has 0 saturated carbocycles. The van der Waals surface area contributed by atoms with Crippen LogP contribution in [0, 0.1) is 0 Å². The van der Waals surface area contributed by atoms with E-state index in [1.165, 1.54) is 42.5 Å². The molecule has 2 aliphatic rings. The number of hydrogen-bond donors (Lipinski definition) is 2. The van der Waals surface area contributed by atoms with Gasteiger partial charge in [-0.15, -0.1) is 0 Å². The number of rotatable bonds is 4. The van der Waals surface area contributed by atoms with Crippen LogP contribution in [-0.2, 0) is 17.8 Å². The van der Waals surface area contributed by atoms with E-state index in [-0.39, 0.29) is 5.91 Å². The van der Waals surface area contributed by atoms with Crippen molar-refractivity contribution in [2.24, 2.45) is 0 Å². The fraction of sp³-hybridized carbons (Fsp3) is 0.476. The number of nitrogens with zero attached hydrogens (tertiary/aromatic N) is 3. The quantitative estimate of drug-likeness (QED) is 0.848. The van der Waals surface area contributed by atoms with E-state index in [9.17, 15) is 14.7 Å². The number of likely N-dealkylation sites (tertiary alicyclic amines) is 1. The molecular weight excluding hydrogens is 356 g/mol. The molecule has 0 spiro atoms. The van der Waals surface area contributed by atoms with Crippen LogP contribution in [0.25, 0.3) is 0 Å². The number of aromatic nitrogens is 2. The average Bonchev–Trinajstić information content (AvgIpc) is 3.03. The summed E-state index contributed by atoms with van der Waals surface area (Å²) in [5.41, 5.74) is 2.93. The highest BCUT2D eigenvalue weighted by Crippen LogP contribution is 2.29. The Morgan fingerprint density at radius 2 is 1.79 bits per heavy atom. The van der Waals surface area contributed by atoms with Crippen molar-refractivity contribution in [2.45, 2.75) is 44.7 Å². The predicted molar refractivity (Wildman–Crippen MR) is 104 cm³/mol. The van der Waals surface area contributed by atoms with Gasteiger partial charge in [0.15, 0.2) is 6.04 Å². The molecule has 3 heterocycles. The molecule has 148 valence electrons. The first-order valence-corrected chi connectivity index (χ1v) is 10.0. The lowest BCUT2D eigenvalue weighted by molar-refractivity contribution is -0.143. The third-order valence-corrected chi connectivity index (χ3v) is 5.73. The summed E-state index contributed by atoms with van der Waals surface area (Å²) in [6.45, 7) is 3.51. The van der Waals surface area contributed by atoms with Crippen molar-refractivity contribution < 1.29 is 14.7 Å². The summed E-state index contributed by atoms with van der Waals surface area (Å²) in [5, 5.41) is 9.67. The van der Waals surface area contributed by atoms with Crippen LogP contribution in [0.4, 0.5) is 0 Å². The second-order valence-corrected chi connectivity index (χ2v) is 7.64. The minimum absolute atomic E-state index is 0.262. The van der Waals surface area contributed by atoms with Crippen LogP contribution in [0.3, 0.4) is 0 Å². The molecular formula is C21H26N4O3. The van der Waals surface area contributed by atoms with Gasteiger partial charge in [-0.2, -0.15) is 0 Å². The number of imidazole rings is 1. The van der Waals surface area contributed by atoms with Crippen molar-refractivity contribution >= 4 is 11.9 Å². The summed E-state index contributed by atoms with van der Waals surface area (Å²) >= 11 is 0. The molecule has 1 unspecified atom stereocenters. The summed E-state index contributed by atoms with van der Waals surface area (Å²) in [6.07, 6.45) is 7.18. The minimum Gasteiger partial charge on any atom is -0.479 e. The van der Waals surface area contributed by atoms with E-state index in [0.717, 1.165) is 25.3 Å². The van der Waals surface area contributed by atoms with E-state index < -0.39 is 12.0 Å². The Hall–Kier alpha value is -2.67. The van der Waals surface area contributed by atoms with E-state index >= 15 is 0 Å². The maximum absolute atomic E-state index is 13.0. The third kappa shape index (κ3) is 3.80. The van der Waals surface area contributed by atoms with Crippen LogP contribution >= 0.6 is 0 Å². The van der Waals surface area contributed by atoms with Gasteiger partial charge >= 0.3 is 5.97 Å². The van der Waals surface area contributed by atoms with Crippen molar-refractivity contribution in [3.8, 4) is 0 Å². The Morgan fingerprint density at radius 1 is 1.07 bits per heavy atom. The molecule has 2 aliphatic heterocycles. The van der Waals surface area contributed by atoms with Gasteiger partial charge in [-0.25, -0.2) is 9.78 Å². The van der Waals surface area contributed by atoms with Gasteiger partial charge in [0, 0.05) is 30.8 Å². The van der Waals surface area contributed by atoms with Crippen molar-refractivity contribution in [3.05, 3.63) is 53.1 Å². The molecule has 7 heteroatoms. The van der Waals surface area contributed by atoms with Crippen molar-refractivity contribution in [2.75, 3.05) is 19.6 Å². The van der Waals surface area contributed by atoms with Gasteiger partial charge in [-0.3, -0.25) is 9.69 Å². The number of carbonyl (C=O) groups excluding carboxylic acids is 1. The molecule has 1 atom stereocenters. The second kappa shape index (κ2) is 8.14. The van der Waals surface area contributed by atoms with Gasteiger partial charge in [-0.05, 0) is 43.6 Å². The molecule has 7 nitrogen and oxygen atoms in total. The van der Waals surface area contributed by atoms with Crippen LogP contribution in [0.15, 0.2) is 30.6 Å². The Morgan fingerprint density at radius 3 is 2.46 bits per heavy atom. The summed E-state index contributed by atoms with van der Waals surface area (Å²) < 4.78 is 0. The molecule has 1 saturated heterocycles. The SMILES string of the molecule is O=C(O)C1c2nc[nH]c2CCN1C(=O)c1ccc(CN2CCCCCC2)cc1. The fourth-order valence-electron chi connectivity index (χ4n) is 4.22. The van der Waals surface area contributed by atoms with E-state index in [2.05, 4.69) is 14.9 Å². The molecule has 0 bridgehead atoms. The highest BCUT2D eigenvalue weighted by Gasteiger charge is 2.38. The van der Waals surface area contributed by atoms with Crippen LogP contribution in [0.5, 0.6) is 0 Å². The second-order valence-electron chi connectivity index (χ2n) is 7.64. The molecule has 0 aliphatic carbocycles. The molecule has 1 amide bonds. The number of carboxylic acid groups (broad SMARTS) is 1. The first-order chi connectivity index (χ1) is 13.6. The number of amides is 1. The van der Waals surface area contributed by atoms with Crippen molar-refractivity contribution in [1.82, 2.24) is 19.8 Å². The predicted octanol–water partition coefficient (Wildman–Crippen LogP) is 2.61. The molecule has 4 rings (SSSR count). The van der Waals surface area contributed by atoms with Gasteiger partial charge in [-0.1, -0.05) is 25.0 Å². The molecule has 2 N–H and O–H groups in total. The first kappa shape index (κ1) is 18.7. The normalized spacial score (nSPS) is 20.4. The van der Waals surface area contributed by atoms with Crippen LogP contribution in [-0.4, -0.2) is 56.4 Å². The molecule has 2 aromatic rings. The molecule has 0 radical (unpaired) electrons. The number of aliphatic carboxylic acids is 1. The van der Waals surface area contributed by atoms with Gasteiger partial charge in [0.05, 0.1) is 12.0 Å². The highest BCUT2D eigenvalue weighted by molar-refractivity contribution is 5.97. The number of aromatic amines is 1. The standard InChI is InChI=1S/C21H26N4O3/c26-20(25-12-9-17-18(23-14-22-17)19(25)21(27)28)16-7-5-15(6-8-16)13-24-10-3-1-2-4-11-24/h5-8,14,19H,1-4,9-13H2,(H,22,23)(H,27,28). The minimum atomic E-state index is -1.06. The third-order valence-electron chi connectivity index (χ3n) is 5.73. The number of benzene rings is 1. The average molecular weight is 382 g/mol. The fourth-order valence-corrected chi connectivity index (χ4v) is 4.22. The van der Waals surface area contributed by atoms with Crippen LogP contribution in [0.1, 0.15) is 59.0 Å². The van der Waals surface area contributed by atoms with Crippen LogP contribution in [0.2, 0.25) is 0 Å². The zero-order valence-electron chi connectivity index (χ0n) is 15.9. The summed E-state index contributed by atoms with van der Waals surface area (Å²) in [7, 11) is 0. The lowest BCUT2D eigenvalue weighted by atomic mass is 10.0. The maximum Gasteiger partial charge on any atom is 0.332 e. The summed E-state index contributed by atoms with van der Waals surface area (Å²) in [5.74, 6) is -1.32. The molecule has 28 heavy (non-hydrogen) atoms. The van der Waals surface area contributed by atoms with Gasteiger partial charge in [0.2, 0.25) is 0 Å². The number of nitrogens with one attached hydrogen (secondary N) is 1. The lowest BCUT2D eigenvalue weighted by Gasteiger charge is -2.32. The number of carboxylic acids is 1. The van der Waals surface area contributed by atoms with E-state index in [1.54, 1.807) is 0 Å². The number of carbonyl (C=O) groups is 2. The summed E-state index contributed by atoms with van der Waals surface area (Å²) in [6, 6.07) is 6.55. The van der Waals surface area contributed by atoms with E-state index in [1.807, 2.05) is 24.3 Å². The van der Waals surface area contributed by atoms with Gasteiger partial charge in [0.25, 0.3) is 5.91 Å². The Balaban J connectivity index is 1.48. The molecule has 1 fully saturated rings. The molecule has 1 aromatic heterocycles. The Bertz CT molecular complexity index is 838. The summed E-state index contributed by atoms with van der Waals surface area (Å²) in [4.78, 5) is 35.8. The highest BCUT2D eigenvalue weighted by atomic mass is 16.4. The van der Waals surface area contributed by atoms with Gasteiger partial charge < -0.3 is 15.0 Å². The van der Waals surface area contributed by atoms with Crippen LogP contribution < -0.4 is 0 Å². The topological polar surface area (TPSA) is 89.5 Å².